The summed E-state index contributed by atoms with van der Waals surface area (Å²) in [7, 11) is 0. The van der Waals surface area contributed by atoms with Gasteiger partial charge < -0.3 is 0 Å². The number of hydrogen-bond acceptors (Lipinski definition) is 1. The van der Waals surface area contributed by atoms with Crippen LogP contribution >= 0.6 is 11.3 Å². The molecular weight excluding hydrogens is 152 g/mol. The van der Waals surface area contributed by atoms with Crippen LogP contribution in [0.1, 0.15) is 10.4 Å². The van der Waals surface area contributed by atoms with Crippen molar-refractivity contribution in [1.29, 1.82) is 0 Å². The lowest BCUT2D eigenvalue weighted by atomic mass is 10.2. The SMILES string of the molecule is Cc1ccc2[c]c(C)sc2c1. The van der Waals surface area contributed by atoms with E-state index in [4.69, 9.17) is 0 Å². The third-order valence-electron chi connectivity index (χ3n) is 1.71. The molecule has 1 aromatic carbocycles. The van der Waals surface area contributed by atoms with E-state index in [1.165, 1.54) is 20.5 Å². The largest absolute Gasteiger partial charge is 0.140 e. The summed E-state index contributed by atoms with van der Waals surface area (Å²) in [5, 5.41) is 1.25. The van der Waals surface area contributed by atoms with Gasteiger partial charge >= 0.3 is 0 Å². The lowest BCUT2D eigenvalue weighted by molar-refractivity contribution is 1.52. The molecule has 1 radical (unpaired) electrons. The topological polar surface area (TPSA) is 0 Å². The van der Waals surface area contributed by atoms with Gasteiger partial charge in [0.05, 0.1) is 0 Å². The van der Waals surface area contributed by atoms with E-state index in [1.807, 2.05) is 11.3 Å². The molecule has 11 heavy (non-hydrogen) atoms. The van der Waals surface area contributed by atoms with Crippen molar-refractivity contribution >= 4 is 21.4 Å². The Morgan fingerprint density at radius 2 is 2.09 bits per heavy atom. The number of benzene rings is 1. The summed E-state index contributed by atoms with van der Waals surface area (Å²) in [6, 6.07) is 9.78. The Kier molecular flexibility index (Phi) is 1.46. The fourth-order valence-electron chi connectivity index (χ4n) is 1.20. The summed E-state index contributed by atoms with van der Waals surface area (Å²) >= 11 is 1.81. The molecule has 1 aromatic heterocycles. The lowest BCUT2D eigenvalue weighted by Crippen LogP contribution is -1.67. The second kappa shape index (κ2) is 2.35. The predicted octanol–water partition coefficient (Wildman–Crippen LogP) is 3.32. The van der Waals surface area contributed by atoms with Crippen molar-refractivity contribution in [2.75, 3.05) is 0 Å². The molecule has 0 nitrogen and oxygen atoms in total. The molecule has 1 heteroatoms. The van der Waals surface area contributed by atoms with Crippen molar-refractivity contribution in [2.45, 2.75) is 13.8 Å². The third-order valence-corrected chi connectivity index (χ3v) is 2.68. The van der Waals surface area contributed by atoms with Crippen LogP contribution in [-0.4, -0.2) is 0 Å². The molecule has 55 valence electrons. The fourth-order valence-corrected chi connectivity index (χ4v) is 2.16. The van der Waals surface area contributed by atoms with Crippen molar-refractivity contribution in [3.8, 4) is 0 Å². The average molecular weight is 161 g/mol. The molecule has 2 rings (SSSR count). The van der Waals surface area contributed by atoms with Gasteiger partial charge in [0, 0.05) is 21.0 Å². The Balaban J connectivity index is 2.82. The molecular formula is C10H9S. The molecule has 1 heterocycles. The minimum atomic E-state index is 1.25. The molecule has 0 aliphatic heterocycles. The molecule has 0 saturated heterocycles. The predicted molar refractivity (Wildman–Crippen MR) is 50.1 cm³/mol. The van der Waals surface area contributed by atoms with Gasteiger partial charge in [-0.15, -0.1) is 11.3 Å². The summed E-state index contributed by atoms with van der Waals surface area (Å²) in [6.07, 6.45) is 0. The van der Waals surface area contributed by atoms with Crippen LogP contribution in [0.2, 0.25) is 0 Å². The van der Waals surface area contributed by atoms with E-state index in [0.29, 0.717) is 0 Å². The van der Waals surface area contributed by atoms with Crippen LogP contribution in [0, 0.1) is 19.9 Å². The van der Waals surface area contributed by atoms with E-state index in [-0.39, 0.29) is 0 Å². The van der Waals surface area contributed by atoms with E-state index in [9.17, 15) is 0 Å². The van der Waals surface area contributed by atoms with Gasteiger partial charge in [0.25, 0.3) is 0 Å². The Labute approximate surface area is 70.5 Å². The zero-order valence-electron chi connectivity index (χ0n) is 6.64. The highest BCUT2D eigenvalue weighted by Gasteiger charge is 1.97. The van der Waals surface area contributed by atoms with Gasteiger partial charge in [-0.2, -0.15) is 0 Å². The Hall–Kier alpha value is -0.820. The van der Waals surface area contributed by atoms with E-state index < -0.39 is 0 Å². The second-order valence-corrected chi connectivity index (χ2v) is 4.04. The van der Waals surface area contributed by atoms with Crippen LogP contribution in [0.15, 0.2) is 18.2 Å². The van der Waals surface area contributed by atoms with Crippen LogP contribution in [0.5, 0.6) is 0 Å². The number of aryl methyl sites for hydroxylation is 2. The van der Waals surface area contributed by atoms with Gasteiger partial charge in [-0.1, -0.05) is 12.1 Å². The molecule has 0 amide bonds. The second-order valence-electron chi connectivity index (χ2n) is 2.78. The number of fused-ring (bicyclic) bond motifs is 1. The van der Waals surface area contributed by atoms with E-state index >= 15 is 0 Å². The number of thiophene rings is 1. The number of hydrogen-bond donors (Lipinski definition) is 0. The standard InChI is InChI=1S/C10H9S/c1-7-3-4-9-6-8(2)11-10(9)5-7/h3-5H,1-2H3. The zero-order chi connectivity index (χ0) is 7.84. The van der Waals surface area contributed by atoms with Crippen molar-refractivity contribution in [2.24, 2.45) is 0 Å². The molecule has 0 bridgehead atoms. The third kappa shape index (κ3) is 1.16. The highest BCUT2D eigenvalue weighted by atomic mass is 32.1. The molecule has 0 unspecified atom stereocenters. The average Bonchev–Trinajstić information content (AvgIpc) is 2.27. The van der Waals surface area contributed by atoms with E-state index in [2.05, 4.69) is 38.1 Å². The van der Waals surface area contributed by atoms with Gasteiger partial charge in [-0.05, 0) is 25.5 Å². The zero-order valence-corrected chi connectivity index (χ0v) is 7.46. The lowest BCUT2D eigenvalue weighted by Gasteiger charge is -1.89. The van der Waals surface area contributed by atoms with Gasteiger partial charge in [0.15, 0.2) is 0 Å². The fraction of sp³-hybridized carbons (Fsp3) is 0.200. The molecule has 0 spiro atoms. The van der Waals surface area contributed by atoms with Gasteiger partial charge in [-0.25, -0.2) is 0 Å². The quantitative estimate of drug-likeness (QED) is 0.556. The number of rotatable bonds is 0. The van der Waals surface area contributed by atoms with Crippen molar-refractivity contribution in [1.82, 2.24) is 0 Å². The molecule has 0 fully saturated rings. The summed E-state index contributed by atoms with van der Waals surface area (Å²) in [4.78, 5) is 1.27. The maximum atomic E-state index is 3.30. The minimum Gasteiger partial charge on any atom is -0.140 e. The van der Waals surface area contributed by atoms with Crippen LogP contribution in [0.3, 0.4) is 0 Å². The van der Waals surface area contributed by atoms with E-state index in [1.54, 1.807) is 0 Å². The van der Waals surface area contributed by atoms with Crippen molar-refractivity contribution in [3.63, 3.8) is 0 Å². The maximum Gasteiger partial charge on any atom is 0.0354 e. The highest BCUT2D eigenvalue weighted by Crippen LogP contribution is 2.24. The van der Waals surface area contributed by atoms with E-state index in [0.717, 1.165) is 0 Å². The van der Waals surface area contributed by atoms with Gasteiger partial charge in [-0.3, -0.25) is 0 Å². The first-order valence-corrected chi connectivity index (χ1v) is 4.46. The normalized spacial score (nSPS) is 10.7. The highest BCUT2D eigenvalue weighted by molar-refractivity contribution is 7.18. The maximum absolute atomic E-state index is 3.30. The van der Waals surface area contributed by atoms with Crippen LogP contribution in [0.4, 0.5) is 0 Å². The van der Waals surface area contributed by atoms with Crippen LogP contribution < -0.4 is 0 Å². The van der Waals surface area contributed by atoms with Crippen molar-refractivity contribution < 1.29 is 0 Å². The Morgan fingerprint density at radius 1 is 1.27 bits per heavy atom. The van der Waals surface area contributed by atoms with Crippen LogP contribution in [-0.2, 0) is 0 Å². The molecule has 0 aliphatic rings. The van der Waals surface area contributed by atoms with Crippen LogP contribution in [0.25, 0.3) is 10.1 Å². The molecule has 2 aromatic rings. The monoisotopic (exact) mass is 161 g/mol. The van der Waals surface area contributed by atoms with Gasteiger partial charge in [0.2, 0.25) is 0 Å². The van der Waals surface area contributed by atoms with Gasteiger partial charge in [0.1, 0.15) is 0 Å². The Morgan fingerprint density at radius 3 is 2.91 bits per heavy atom. The summed E-state index contributed by atoms with van der Waals surface area (Å²) in [6.45, 7) is 4.22. The molecule has 0 saturated carbocycles. The summed E-state index contributed by atoms with van der Waals surface area (Å²) in [5.74, 6) is 0. The first-order chi connectivity index (χ1) is 5.25. The smallest absolute Gasteiger partial charge is 0.0354 e. The molecule has 0 atom stereocenters. The van der Waals surface area contributed by atoms with Crippen molar-refractivity contribution in [3.05, 3.63) is 34.7 Å². The summed E-state index contributed by atoms with van der Waals surface area (Å²) < 4.78 is 1.35. The molecule has 0 aliphatic carbocycles. The summed E-state index contributed by atoms with van der Waals surface area (Å²) in [5.41, 5.74) is 1.33. The minimum absolute atomic E-state index is 1.25. The molecule has 0 N–H and O–H groups in total. The first-order valence-electron chi connectivity index (χ1n) is 3.65. The Bertz CT molecular complexity index is 385. The first kappa shape index (κ1) is 6.86.